The first kappa shape index (κ1) is 17.6. The Bertz CT molecular complexity index is 874. The van der Waals surface area contributed by atoms with Crippen LogP contribution in [-0.2, 0) is 11.3 Å². The highest BCUT2D eigenvalue weighted by Gasteiger charge is 2.09. The van der Waals surface area contributed by atoms with Gasteiger partial charge in [0.05, 0.1) is 6.54 Å². The lowest BCUT2D eigenvalue weighted by Crippen LogP contribution is -2.31. The molecule has 0 spiro atoms. The van der Waals surface area contributed by atoms with E-state index in [0.717, 1.165) is 22.4 Å². The molecule has 134 valence electrons. The number of carbonyl (C=O) groups excluding carboxylic acids is 1. The monoisotopic (exact) mass is 351 g/mol. The molecule has 1 heterocycles. The molecule has 1 N–H and O–H groups in total. The van der Waals surface area contributed by atoms with Crippen molar-refractivity contribution in [1.29, 1.82) is 0 Å². The molecule has 0 aliphatic carbocycles. The molecule has 0 saturated carbocycles. The molecule has 0 fully saturated rings. The maximum atomic E-state index is 12.0. The first-order valence-corrected chi connectivity index (χ1v) is 8.41. The largest absolute Gasteiger partial charge is 0.492 e. The SMILES string of the molecule is Cc1ccc(-c2nnn(CC(=O)NCCOc3cccc(C)c3)n2)cc1. The lowest BCUT2D eigenvalue weighted by atomic mass is 10.1. The van der Waals surface area contributed by atoms with Crippen molar-refractivity contribution in [2.45, 2.75) is 20.4 Å². The zero-order chi connectivity index (χ0) is 18.4. The van der Waals surface area contributed by atoms with E-state index in [1.54, 1.807) is 0 Å². The number of tetrazole rings is 1. The number of nitrogens with zero attached hydrogens (tertiary/aromatic N) is 4. The fourth-order valence-corrected chi connectivity index (χ4v) is 2.38. The second-order valence-electron chi connectivity index (χ2n) is 6.02. The second-order valence-corrected chi connectivity index (χ2v) is 6.02. The van der Waals surface area contributed by atoms with Crippen LogP contribution in [0.4, 0.5) is 0 Å². The van der Waals surface area contributed by atoms with Crippen LogP contribution in [0.25, 0.3) is 11.4 Å². The maximum absolute atomic E-state index is 12.0. The first-order valence-electron chi connectivity index (χ1n) is 8.41. The van der Waals surface area contributed by atoms with Gasteiger partial charge in [-0.05, 0) is 36.8 Å². The Morgan fingerprint density at radius 3 is 2.69 bits per heavy atom. The lowest BCUT2D eigenvalue weighted by Gasteiger charge is -2.08. The van der Waals surface area contributed by atoms with E-state index in [1.807, 2.05) is 62.4 Å². The highest BCUT2D eigenvalue weighted by Crippen LogP contribution is 2.14. The summed E-state index contributed by atoms with van der Waals surface area (Å²) >= 11 is 0. The van der Waals surface area contributed by atoms with Gasteiger partial charge in [0.25, 0.3) is 0 Å². The summed E-state index contributed by atoms with van der Waals surface area (Å²) < 4.78 is 5.59. The minimum Gasteiger partial charge on any atom is -0.492 e. The Morgan fingerprint density at radius 1 is 1.12 bits per heavy atom. The van der Waals surface area contributed by atoms with Gasteiger partial charge in [0.2, 0.25) is 11.7 Å². The normalized spacial score (nSPS) is 10.5. The van der Waals surface area contributed by atoms with Crippen LogP contribution in [0.2, 0.25) is 0 Å². The van der Waals surface area contributed by atoms with E-state index in [4.69, 9.17) is 4.74 Å². The molecule has 7 nitrogen and oxygen atoms in total. The van der Waals surface area contributed by atoms with Crippen LogP contribution in [0.1, 0.15) is 11.1 Å². The molecule has 0 aliphatic heterocycles. The van der Waals surface area contributed by atoms with Crippen molar-refractivity contribution in [3.05, 3.63) is 59.7 Å². The van der Waals surface area contributed by atoms with Crippen LogP contribution in [0, 0.1) is 13.8 Å². The Balaban J connectivity index is 1.44. The second kappa shape index (κ2) is 8.24. The molecule has 1 amide bonds. The fraction of sp³-hybridized carbons (Fsp3) is 0.263. The number of benzene rings is 2. The zero-order valence-corrected chi connectivity index (χ0v) is 14.8. The Kier molecular flexibility index (Phi) is 5.58. The number of amides is 1. The van der Waals surface area contributed by atoms with Crippen molar-refractivity contribution in [2.24, 2.45) is 0 Å². The van der Waals surface area contributed by atoms with Gasteiger partial charge in [0, 0.05) is 5.56 Å². The minimum absolute atomic E-state index is 0.0172. The zero-order valence-electron chi connectivity index (χ0n) is 14.8. The van der Waals surface area contributed by atoms with Gasteiger partial charge in [-0.3, -0.25) is 4.79 Å². The molecule has 3 rings (SSSR count). The molecule has 0 bridgehead atoms. The number of carbonyl (C=O) groups is 1. The molecular formula is C19H21N5O2. The van der Waals surface area contributed by atoms with E-state index >= 15 is 0 Å². The van der Waals surface area contributed by atoms with Gasteiger partial charge in [-0.25, -0.2) is 0 Å². The summed E-state index contributed by atoms with van der Waals surface area (Å²) in [5.41, 5.74) is 3.16. The predicted octanol–water partition coefficient (Wildman–Crippen LogP) is 2.15. The van der Waals surface area contributed by atoms with E-state index in [9.17, 15) is 4.79 Å². The van der Waals surface area contributed by atoms with E-state index in [-0.39, 0.29) is 12.5 Å². The van der Waals surface area contributed by atoms with E-state index < -0.39 is 0 Å². The number of nitrogens with one attached hydrogen (secondary N) is 1. The summed E-state index contributed by atoms with van der Waals surface area (Å²) in [7, 11) is 0. The van der Waals surface area contributed by atoms with Crippen molar-refractivity contribution in [3.8, 4) is 17.1 Å². The summed E-state index contributed by atoms with van der Waals surface area (Å²) in [6.45, 7) is 4.84. The first-order chi connectivity index (χ1) is 12.6. The highest BCUT2D eigenvalue weighted by molar-refractivity contribution is 5.75. The van der Waals surface area contributed by atoms with Crippen LogP contribution < -0.4 is 10.1 Å². The molecule has 0 radical (unpaired) electrons. The van der Waals surface area contributed by atoms with Crippen LogP contribution in [0.15, 0.2) is 48.5 Å². The molecule has 0 unspecified atom stereocenters. The predicted molar refractivity (Wildman–Crippen MR) is 97.7 cm³/mol. The van der Waals surface area contributed by atoms with Gasteiger partial charge in [-0.1, -0.05) is 42.0 Å². The molecule has 0 saturated heterocycles. The molecule has 26 heavy (non-hydrogen) atoms. The quantitative estimate of drug-likeness (QED) is 0.660. The van der Waals surface area contributed by atoms with Gasteiger partial charge in [0.15, 0.2) is 0 Å². The summed E-state index contributed by atoms with van der Waals surface area (Å²) in [5, 5.41) is 14.9. The number of hydrogen-bond acceptors (Lipinski definition) is 5. The Hall–Kier alpha value is -3.22. The number of aromatic nitrogens is 4. The van der Waals surface area contributed by atoms with Gasteiger partial charge in [0.1, 0.15) is 18.9 Å². The van der Waals surface area contributed by atoms with Gasteiger partial charge < -0.3 is 10.1 Å². The molecule has 0 atom stereocenters. The topological polar surface area (TPSA) is 81.9 Å². The van der Waals surface area contributed by atoms with Crippen molar-refractivity contribution >= 4 is 5.91 Å². The van der Waals surface area contributed by atoms with E-state index in [2.05, 4.69) is 20.7 Å². The molecular weight excluding hydrogens is 330 g/mol. The number of hydrogen-bond donors (Lipinski definition) is 1. The summed E-state index contributed by atoms with van der Waals surface area (Å²) in [5.74, 6) is 1.10. The molecule has 2 aromatic carbocycles. The van der Waals surface area contributed by atoms with Crippen LogP contribution in [-0.4, -0.2) is 39.3 Å². The summed E-state index contributed by atoms with van der Waals surface area (Å²) in [4.78, 5) is 13.3. The Morgan fingerprint density at radius 2 is 1.92 bits per heavy atom. The molecule has 3 aromatic rings. The lowest BCUT2D eigenvalue weighted by molar-refractivity contribution is -0.122. The summed E-state index contributed by atoms with van der Waals surface area (Å²) in [6.07, 6.45) is 0. The fourth-order valence-electron chi connectivity index (χ4n) is 2.38. The maximum Gasteiger partial charge on any atom is 0.243 e. The van der Waals surface area contributed by atoms with Crippen molar-refractivity contribution in [2.75, 3.05) is 13.2 Å². The van der Waals surface area contributed by atoms with Gasteiger partial charge >= 0.3 is 0 Å². The highest BCUT2D eigenvalue weighted by atomic mass is 16.5. The van der Waals surface area contributed by atoms with Crippen LogP contribution in [0.3, 0.4) is 0 Å². The van der Waals surface area contributed by atoms with Gasteiger partial charge in [-0.15, -0.1) is 10.2 Å². The van der Waals surface area contributed by atoms with Crippen LogP contribution in [0.5, 0.6) is 5.75 Å². The van der Waals surface area contributed by atoms with E-state index in [1.165, 1.54) is 4.80 Å². The van der Waals surface area contributed by atoms with E-state index in [0.29, 0.717) is 19.0 Å². The molecule has 0 aliphatic rings. The van der Waals surface area contributed by atoms with Crippen molar-refractivity contribution in [1.82, 2.24) is 25.5 Å². The average molecular weight is 351 g/mol. The van der Waals surface area contributed by atoms with Gasteiger partial charge in [-0.2, -0.15) is 4.80 Å². The third-order valence-corrected chi connectivity index (χ3v) is 3.73. The Labute approximate surface area is 152 Å². The smallest absolute Gasteiger partial charge is 0.243 e. The third kappa shape index (κ3) is 4.89. The average Bonchev–Trinajstić information content (AvgIpc) is 3.08. The van der Waals surface area contributed by atoms with Crippen molar-refractivity contribution in [3.63, 3.8) is 0 Å². The van der Waals surface area contributed by atoms with Crippen molar-refractivity contribution < 1.29 is 9.53 Å². The van der Waals surface area contributed by atoms with Crippen LogP contribution >= 0.6 is 0 Å². The molecule has 1 aromatic heterocycles. The molecule has 7 heteroatoms. The summed E-state index contributed by atoms with van der Waals surface area (Å²) in [6, 6.07) is 15.6. The number of ether oxygens (including phenoxy) is 1. The third-order valence-electron chi connectivity index (χ3n) is 3.73. The number of rotatable bonds is 7. The number of aryl methyl sites for hydroxylation is 2. The minimum atomic E-state index is -0.189. The standard InChI is InChI=1S/C19H21N5O2/c1-14-6-8-16(9-7-14)19-21-23-24(22-19)13-18(25)20-10-11-26-17-5-3-4-15(2)12-17/h3-9,12H,10-11,13H2,1-2H3,(H,20,25).